The van der Waals surface area contributed by atoms with Gasteiger partial charge in [0, 0.05) is 13.7 Å². The van der Waals surface area contributed by atoms with E-state index in [1.165, 1.54) is 12.3 Å². The molecule has 0 fully saturated rings. The number of rotatable bonds is 7. The minimum absolute atomic E-state index is 0.168. The molecule has 106 valence electrons. The molecule has 0 aliphatic carbocycles. The van der Waals surface area contributed by atoms with Gasteiger partial charge in [0.1, 0.15) is 12.0 Å². The highest BCUT2D eigenvalue weighted by Gasteiger charge is 2.08. The third kappa shape index (κ3) is 3.69. The van der Waals surface area contributed by atoms with Crippen molar-refractivity contribution in [3.63, 3.8) is 0 Å². The van der Waals surface area contributed by atoms with Gasteiger partial charge >= 0.3 is 5.97 Å². The second kappa shape index (κ2) is 6.88. The quantitative estimate of drug-likeness (QED) is 0.812. The second-order valence-corrected chi connectivity index (χ2v) is 4.41. The van der Waals surface area contributed by atoms with Crippen molar-refractivity contribution >= 4 is 5.97 Å². The molecule has 0 radical (unpaired) electrons. The summed E-state index contributed by atoms with van der Waals surface area (Å²) in [5.74, 6) is -0.378. The Balaban J connectivity index is 1.90. The average Bonchev–Trinajstić information content (AvgIpc) is 2.90. The van der Waals surface area contributed by atoms with Crippen LogP contribution in [0.4, 0.5) is 0 Å². The first-order valence-corrected chi connectivity index (χ1v) is 6.28. The summed E-state index contributed by atoms with van der Waals surface area (Å²) in [6.07, 6.45) is 1.25. The smallest absolute Gasteiger partial charge is 0.338 e. The Hall–Kier alpha value is -2.11. The Morgan fingerprint density at radius 1 is 1.30 bits per heavy atom. The van der Waals surface area contributed by atoms with E-state index in [1.807, 2.05) is 24.3 Å². The SMILES string of the molecule is COCc1ccccc1CNCc1cc(C(=O)O)co1. The fraction of sp³-hybridized carbons (Fsp3) is 0.267. The largest absolute Gasteiger partial charge is 0.478 e. The van der Waals surface area contributed by atoms with E-state index in [2.05, 4.69) is 5.32 Å². The highest BCUT2D eigenvalue weighted by Crippen LogP contribution is 2.11. The van der Waals surface area contributed by atoms with Gasteiger partial charge in [-0.1, -0.05) is 24.3 Å². The monoisotopic (exact) mass is 275 g/mol. The standard InChI is InChI=1S/C15H17NO4/c1-19-9-12-5-3-2-4-11(12)7-16-8-14-6-13(10-20-14)15(17)18/h2-6,10,16H,7-9H2,1H3,(H,17,18). The number of carbonyl (C=O) groups is 1. The molecule has 0 spiro atoms. The Kier molecular flexibility index (Phi) is 4.92. The number of ether oxygens (including phenoxy) is 1. The van der Waals surface area contributed by atoms with E-state index in [1.54, 1.807) is 7.11 Å². The molecule has 2 N–H and O–H groups in total. The molecule has 0 aliphatic rings. The maximum atomic E-state index is 10.7. The molecule has 0 amide bonds. The van der Waals surface area contributed by atoms with Crippen LogP contribution in [-0.4, -0.2) is 18.2 Å². The van der Waals surface area contributed by atoms with Gasteiger partial charge in [0.15, 0.2) is 0 Å². The summed E-state index contributed by atoms with van der Waals surface area (Å²) in [5.41, 5.74) is 2.45. The van der Waals surface area contributed by atoms with Crippen molar-refractivity contribution in [1.29, 1.82) is 0 Å². The summed E-state index contributed by atoms with van der Waals surface area (Å²) in [6.45, 7) is 1.72. The molecule has 0 atom stereocenters. The van der Waals surface area contributed by atoms with E-state index in [9.17, 15) is 4.79 Å². The van der Waals surface area contributed by atoms with Gasteiger partial charge in [0.05, 0.1) is 18.7 Å². The van der Waals surface area contributed by atoms with E-state index in [-0.39, 0.29) is 5.56 Å². The number of aromatic carboxylic acids is 1. The Labute approximate surface area is 117 Å². The zero-order valence-corrected chi connectivity index (χ0v) is 11.3. The van der Waals surface area contributed by atoms with Crippen LogP contribution < -0.4 is 5.32 Å². The average molecular weight is 275 g/mol. The zero-order valence-electron chi connectivity index (χ0n) is 11.3. The fourth-order valence-electron chi connectivity index (χ4n) is 1.93. The van der Waals surface area contributed by atoms with Crippen LogP contribution in [-0.2, 0) is 24.4 Å². The number of nitrogens with one attached hydrogen (secondary N) is 1. The minimum Gasteiger partial charge on any atom is -0.478 e. The van der Waals surface area contributed by atoms with Crippen LogP contribution in [0.5, 0.6) is 0 Å². The lowest BCUT2D eigenvalue weighted by Crippen LogP contribution is -2.13. The first kappa shape index (κ1) is 14.3. The lowest BCUT2D eigenvalue weighted by Gasteiger charge is -2.09. The lowest BCUT2D eigenvalue weighted by molar-refractivity contribution is 0.0696. The minimum atomic E-state index is -0.981. The van der Waals surface area contributed by atoms with Gasteiger partial charge < -0.3 is 19.6 Å². The first-order valence-electron chi connectivity index (χ1n) is 6.28. The van der Waals surface area contributed by atoms with Crippen molar-refractivity contribution in [3.8, 4) is 0 Å². The molecule has 0 bridgehead atoms. The predicted molar refractivity (Wildman–Crippen MR) is 73.4 cm³/mol. The number of carboxylic acids is 1. The van der Waals surface area contributed by atoms with Crippen LogP contribution in [0.2, 0.25) is 0 Å². The molecule has 5 nitrogen and oxygen atoms in total. The molecule has 5 heteroatoms. The van der Waals surface area contributed by atoms with Crippen molar-refractivity contribution in [2.45, 2.75) is 19.7 Å². The summed E-state index contributed by atoms with van der Waals surface area (Å²) in [7, 11) is 1.67. The molecule has 0 saturated carbocycles. The van der Waals surface area contributed by atoms with Gasteiger partial charge in [0.2, 0.25) is 0 Å². The molecule has 0 aliphatic heterocycles. The number of benzene rings is 1. The number of furan rings is 1. The van der Waals surface area contributed by atoms with Crippen molar-refractivity contribution in [2.75, 3.05) is 7.11 Å². The van der Waals surface area contributed by atoms with E-state index in [0.717, 1.165) is 11.1 Å². The van der Waals surface area contributed by atoms with E-state index in [0.29, 0.717) is 25.5 Å². The van der Waals surface area contributed by atoms with Crippen LogP contribution in [0, 0.1) is 0 Å². The van der Waals surface area contributed by atoms with E-state index >= 15 is 0 Å². The molecule has 1 heterocycles. The van der Waals surface area contributed by atoms with Crippen LogP contribution >= 0.6 is 0 Å². The fourth-order valence-corrected chi connectivity index (χ4v) is 1.93. The third-order valence-electron chi connectivity index (χ3n) is 2.93. The Bertz CT molecular complexity index is 577. The Morgan fingerprint density at radius 2 is 2.05 bits per heavy atom. The first-order chi connectivity index (χ1) is 9.70. The zero-order chi connectivity index (χ0) is 14.4. The number of carboxylic acid groups (broad SMARTS) is 1. The molecule has 2 aromatic rings. The van der Waals surface area contributed by atoms with Gasteiger partial charge in [-0.15, -0.1) is 0 Å². The summed E-state index contributed by atoms with van der Waals surface area (Å²) < 4.78 is 10.3. The summed E-state index contributed by atoms with van der Waals surface area (Å²) in [4.78, 5) is 10.7. The van der Waals surface area contributed by atoms with Gasteiger partial charge in [-0.25, -0.2) is 4.79 Å². The van der Waals surface area contributed by atoms with Gasteiger partial charge in [-0.2, -0.15) is 0 Å². The second-order valence-electron chi connectivity index (χ2n) is 4.41. The van der Waals surface area contributed by atoms with Crippen LogP contribution in [0.1, 0.15) is 27.2 Å². The van der Waals surface area contributed by atoms with Crippen LogP contribution in [0.25, 0.3) is 0 Å². The molecule has 0 unspecified atom stereocenters. The van der Waals surface area contributed by atoms with E-state index < -0.39 is 5.97 Å². The van der Waals surface area contributed by atoms with Crippen molar-refractivity contribution in [3.05, 3.63) is 59.0 Å². The normalized spacial score (nSPS) is 10.7. The lowest BCUT2D eigenvalue weighted by atomic mass is 10.1. The number of hydrogen-bond acceptors (Lipinski definition) is 4. The van der Waals surface area contributed by atoms with Crippen molar-refractivity contribution < 1.29 is 19.1 Å². The maximum Gasteiger partial charge on any atom is 0.338 e. The van der Waals surface area contributed by atoms with E-state index in [4.69, 9.17) is 14.3 Å². The highest BCUT2D eigenvalue weighted by atomic mass is 16.5. The van der Waals surface area contributed by atoms with Gasteiger partial charge in [-0.05, 0) is 17.2 Å². The topological polar surface area (TPSA) is 71.7 Å². The number of methoxy groups -OCH3 is 1. The van der Waals surface area contributed by atoms with Gasteiger partial charge in [0.25, 0.3) is 0 Å². The Morgan fingerprint density at radius 3 is 2.70 bits per heavy atom. The molecule has 0 saturated heterocycles. The molecule has 1 aromatic heterocycles. The van der Waals surface area contributed by atoms with Gasteiger partial charge in [-0.3, -0.25) is 0 Å². The van der Waals surface area contributed by atoms with Crippen LogP contribution in [0.3, 0.4) is 0 Å². The highest BCUT2D eigenvalue weighted by molar-refractivity contribution is 5.87. The van der Waals surface area contributed by atoms with Crippen LogP contribution in [0.15, 0.2) is 41.0 Å². The predicted octanol–water partition coefficient (Wildman–Crippen LogP) is 2.41. The summed E-state index contributed by atoms with van der Waals surface area (Å²) in [5, 5.41) is 12.0. The number of hydrogen-bond donors (Lipinski definition) is 2. The summed E-state index contributed by atoms with van der Waals surface area (Å²) in [6, 6.07) is 9.54. The molecule has 1 aromatic carbocycles. The van der Waals surface area contributed by atoms with Crippen molar-refractivity contribution in [2.24, 2.45) is 0 Å². The third-order valence-corrected chi connectivity index (χ3v) is 2.93. The maximum absolute atomic E-state index is 10.7. The molecule has 2 rings (SSSR count). The summed E-state index contributed by atoms with van der Waals surface area (Å²) >= 11 is 0. The van der Waals surface area contributed by atoms with Crippen molar-refractivity contribution in [1.82, 2.24) is 5.32 Å². The molecule has 20 heavy (non-hydrogen) atoms. The molecular weight excluding hydrogens is 258 g/mol. The molecular formula is C15H17NO4.